The van der Waals surface area contributed by atoms with Crippen LogP contribution in [0.1, 0.15) is 40.6 Å². The van der Waals surface area contributed by atoms with Crippen molar-refractivity contribution in [1.29, 1.82) is 0 Å². The van der Waals surface area contributed by atoms with Gasteiger partial charge >= 0.3 is 0 Å². The van der Waals surface area contributed by atoms with Crippen LogP contribution in [0.2, 0.25) is 0 Å². The second kappa shape index (κ2) is 10.3. The number of rotatable bonds is 6. The number of anilines is 1. The van der Waals surface area contributed by atoms with Crippen LogP contribution < -0.4 is 10.1 Å². The standard InChI is InChI=1S/C32H26BrFN2O/c33-29-18-22(10-17-31(29)37-20-21-8-13-24(34)14-9-21)19-35-25-15-11-23(12-16-25)32-28-6-3-5-26(28)27-4-1-2-7-30(27)36-32/h1-5,7-19,26,28,32,36H,6,20H2/t26-,28+,32-/m0/s1. The maximum atomic E-state index is 13.1. The molecule has 1 aliphatic carbocycles. The Bertz CT molecular complexity index is 1460. The van der Waals surface area contributed by atoms with Crippen LogP contribution >= 0.6 is 15.9 Å². The van der Waals surface area contributed by atoms with E-state index in [-0.39, 0.29) is 11.9 Å². The number of nitrogens with one attached hydrogen (secondary N) is 1. The normalized spacial score (nSPS) is 19.9. The van der Waals surface area contributed by atoms with Gasteiger partial charge in [0.15, 0.2) is 0 Å². The highest BCUT2D eigenvalue weighted by molar-refractivity contribution is 9.10. The highest BCUT2D eigenvalue weighted by Gasteiger charge is 2.37. The number of allylic oxidation sites excluding steroid dienone is 2. The first kappa shape index (κ1) is 23.7. The van der Waals surface area contributed by atoms with Gasteiger partial charge < -0.3 is 10.1 Å². The molecule has 0 saturated carbocycles. The van der Waals surface area contributed by atoms with Crippen LogP contribution in [0.5, 0.6) is 5.75 Å². The molecule has 0 spiro atoms. The van der Waals surface area contributed by atoms with Gasteiger partial charge in [-0.05, 0) is 99.1 Å². The Hall–Kier alpha value is -3.70. The van der Waals surface area contributed by atoms with Crippen molar-refractivity contribution in [1.82, 2.24) is 0 Å². The van der Waals surface area contributed by atoms with Crippen LogP contribution in [0.4, 0.5) is 15.8 Å². The van der Waals surface area contributed by atoms with Crippen molar-refractivity contribution in [3.05, 3.63) is 136 Å². The molecule has 0 aromatic heterocycles. The molecule has 1 N–H and O–H groups in total. The molecule has 0 fully saturated rings. The van der Waals surface area contributed by atoms with Crippen LogP contribution in [-0.2, 0) is 6.61 Å². The van der Waals surface area contributed by atoms with Gasteiger partial charge in [-0.3, -0.25) is 4.99 Å². The van der Waals surface area contributed by atoms with E-state index in [4.69, 9.17) is 4.74 Å². The van der Waals surface area contributed by atoms with Gasteiger partial charge in [0.25, 0.3) is 0 Å². The summed E-state index contributed by atoms with van der Waals surface area (Å²) in [6.07, 6.45) is 7.64. The summed E-state index contributed by atoms with van der Waals surface area (Å²) in [5.74, 6) is 1.48. The van der Waals surface area contributed by atoms with Gasteiger partial charge in [0.1, 0.15) is 18.2 Å². The van der Waals surface area contributed by atoms with Gasteiger partial charge in [-0.1, -0.05) is 54.6 Å². The Kier molecular flexibility index (Phi) is 6.62. The second-order valence-corrected chi connectivity index (χ2v) is 10.4. The highest BCUT2D eigenvalue weighted by atomic mass is 79.9. The third kappa shape index (κ3) is 5.09. The maximum Gasteiger partial charge on any atom is 0.134 e. The summed E-state index contributed by atoms with van der Waals surface area (Å²) in [5.41, 5.74) is 6.71. The number of halogens is 2. The lowest BCUT2D eigenvalue weighted by Crippen LogP contribution is -2.28. The number of ether oxygens (including phenoxy) is 1. The molecule has 4 aromatic rings. The van der Waals surface area contributed by atoms with Crippen LogP contribution in [0, 0.1) is 11.7 Å². The number of nitrogens with zero attached hydrogens (tertiary/aromatic N) is 1. The third-order valence-electron chi connectivity index (χ3n) is 7.15. The number of hydrogen-bond donors (Lipinski definition) is 1. The van der Waals surface area contributed by atoms with Gasteiger partial charge in [0.05, 0.1) is 16.2 Å². The molecule has 1 heterocycles. The van der Waals surface area contributed by atoms with Crippen molar-refractivity contribution in [2.45, 2.75) is 25.0 Å². The summed E-state index contributed by atoms with van der Waals surface area (Å²) in [6, 6.07) is 29.7. The van der Waals surface area contributed by atoms with E-state index < -0.39 is 0 Å². The Labute approximate surface area is 224 Å². The van der Waals surface area contributed by atoms with E-state index in [2.05, 4.69) is 86.9 Å². The smallest absolute Gasteiger partial charge is 0.134 e. The summed E-state index contributed by atoms with van der Waals surface area (Å²) in [7, 11) is 0. The van der Waals surface area contributed by atoms with Crippen LogP contribution in [0.15, 0.2) is 113 Å². The summed E-state index contributed by atoms with van der Waals surface area (Å²) in [4.78, 5) is 4.68. The predicted octanol–water partition coefficient (Wildman–Crippen LogP) is 8.74. The zero-order valence-electron chi connectivity index (χ0n) is 20.1. The van der Waals surface area contributed by atoms with Gasteiger partial charge in [-0.15, -0.1) is 0 Å². The molecule has 3 atom stereocenters. The van der Waals surface area contributed by atoms with E-state index >= 15 is 0 Å². The minimum Gasteiger partial charge on any atom is -0.488 e. The summed E-state index contributed by atoms with van der Waals surface area (Å²) >= 11 is 3.59. The molecular formula is C32H26BrFN2O. The Morgan fingerprint density at radius 2 is 1.78 bits per heavy atom. The molecule has 0 saturated heterocycles. The fraction of sp³-hybridized carbons (Fsp3) is 0.156. The van der Waals surface area contributed by atoms with Gasteiger partial charge in [0.2, 0.25) is 0 Å². The quantitative estimate of drug-likeness (QED) is 0.191. The number of aliphatic imine (C=N–C) groups is 1. The second-order valence-electron chi connectivity index (χ2n) is 9.52. The average molecular weight is 553 g/mol. The molecule has 5 heteroatoms. The van der Waals surface area contributed by atoms with Crippen molar-refractivity contribution in [2.75, 3.05) is 5.32 Å². The predicted molar refractivity (Wildman–Crippen MR) is 151 cm³/mol. The van der Waals surface area contributed by atoms with E-state index in [1.807, 2.05) is 24.4 Å². The van der Waals surface area contributed by atoms with Crippen LogP contribution in [-0.4, -0.2) is 6.21 Å². The number of para-hydroxylation sites is 1. The van der Waals surface area contributed by atoms with Gasteiger partial charge in [-0.25, -0.2) is 4.39 Å². The topological polar surface area (TPSA) is 33.6 Å². The Morgan fingerprint density at radius 3 is 2.59 bits per heavy atom. The Morgan fingerprint density at radius 1 is 0.973 bits per heavy atom. The molecule has 0 amide bonds. The summed E-state index contributed by atoms with van der Waals surface area (Å²) < 4.78 is 19.8. The lowest BCUT2D eigenvalue weighted by atomic mass is 9.77. The van der Waals surface area contributed by atoms with Crippen molar-refractivity contribution < 1.29 is 9.13 Å². The van der Waals surface area contributed by atoms with E-state index in [9.17, 15) is 4.39 Å². The van der Waals surface area contributed by atoms with Gasteiger partial charge in [0, 0.05) is 17.8 Å². The lowest BCUT2D eigenvalue weighted by Gasteiger charge is -2.37. The molecule has 1 aliphatic heterocycles. The van der Waals surface area contributed by atoms with Gasteiger partial charge in [-0.2, -0.15) is 0 Å². The van der Waals surface area contributed by atoms with Crippen molar-refractivity contribution >= 4 is 33.5 Å². The van der Waals surface area contributed by atoms with Crippen LogP contribution in [0.25, 0.3) is 0 Å². The van der Waals surface area contributed by atoms with E-state index in [1.165, 1.54) is 28.9 Å². The molecule has 2 aliphatic rings. The monoisotopic (exact) mass is 552 g/mol. The molecule has 0 radical (unpaired) electrons. The molecular weight excluding hydrogens is 527 g/mol. The van der Waals surface area contributed by atoms with Crippen molar-refractivity contribution in [3.8, 4) is 5.75 Å². The largest absolute Gasteiger partial charge is 0.488 e. The first-order valence-electron chi connectivity index (χ1n) is 12.5. The lowest BCUT2D eigenvalue weighted by molar-refractivity contribution is 0.304. The van der Waals surface area contributed by atoms with E-state index in [0.717, 1.165) is 33.5 Å². The van der Waals surface area contributed by atoms with E-state index in [0.29, 0.717) is 18.4 Å². The van der Waals surface area contributed by atoms with E-state index in [1.54, 1.807) is 12.1 Å². The SMILES string of the molecule is Fc1ccc(COc2ccc(C=Nc3ccc([C@@H]4Nc5ccccc5[C@@H]5C=CC[C@H]54)cc3)cc2Br)cc1. The molecule has 184 valence electrons. The average Bonchev–Trinajstić information content (AvgIpc) is 3.43. The minimum atomic E-state index is -0.251. The fourth-order valence-electron chi connectivity index (χ4n) is 5.25. The molecule has 3 nitrogen and oxygen atoms in total. The zero-order chi connectivity index (χ0) is 25.2. The third-order valence-corrected chi connectivity index (χ3v) is 7.77. The van der Waals surface area contributed by atoms with Crippen LogP contribution in [0.3, 0.4) is 0 Å². The molecule has 4 aromatic carbocycles. The van der Waals surface area contributed by atoms with Crippen molar-refractivity contribution in [3.63, 3.8) is 0 Å². The minimum absolute atomic E-state index is 0.251. The van der Waals surface area contributed by atoms with Crippen molar-refractivity contribution in [2.24, 2.45) is 10.9 Å². The zero-order valence-corrected chi connectivity index (χ0v) is 21.7. The summed E-state index contributed by atoms with van der Waals surface area (Å²) in [5, 5.41) is 3.78. The first-order chi connectivity index (χ1) is 18.1. The number of fused-ring (bicyclic) bond motifs is 3. The number of benzene rings is 4. The molecule has 37 heavy (non-hydrogen) atoms. The number of hydrogen-bond acceptors (Lipinski definition) is 3. The summed E-state index contributed by atoms with van der Waals surface area (Å²) in [6.45, 7) is 0.373. The highest BCUT2D eigenvalue weighted by Crippen LogP contribution is 2.49. The molecule has 6 rings (SSSR count). The molecule has 0 bridgehead atoms. The first-order valence-corrected chi connectivity index (χ1v) is 13.3. The maximum absolute atomic E-state index is 13.1. The molecule has 0 unspecified atom stereocenters. The fourth-order valence-corrected chi connectivity index (χ4v) is 5.76. The Balaban J connectivity index is 1.12.